The first-order valence-electron chi connectivity index (χ1n) is 10.0. The quantitative estimate of drug-likeness (QED) is 0.681. The van der Waals surface area contributed by atoms with Crippen molar-refractivity contribution in [3.05, 3.63) is 65.0 Å². The molecule has 1 saturated heterocycles. The zero-order valence-electron chi connectivity index (χ0n) is 16.0. The number of aromatic nitrogens is 2. The minimum absolute atomic E-state index is 0.0338. The largest absolute Gasteiger partial charge is 0.334 e. The smallest absolute Gasteiger partial charge is 0.258 e. The zero-order valence-corrected chi connectivity index (χ0v) is 16.0. The third-order valence-electron chi connectivity index (χ3n) is 5.97. The van der Waals surface area contributed by atoms with E-state index < -0.39 is 0 Å². The van der Waals surface area contributed by atoms with E-state index in [4.69, 9.17) is 4.52 Å². The van der Waals surface area contributed by atoms with Gasteiger partial charge in [-0.2, -0.15) is 4.98 Å². The van der Waals surface area contributed by atoms with Crippen molar-refractivity contribution in [1.29, 1.82) is 0 Å². The lowest BCUT2D eigenvalue weighted by atomic mass is 9.90. The molecule has 2 heterocycles. The van der Waals surface area contributed by atoms with E-state index >= 15 is 0 Å². The van der Waals surface area contributed by atoms with Crippen LogP contribution in [0.4, 0.5) is 5.69 Å². The Labute approximate surface area is 164 Å². The molecule has 3 aromatic rings. The van der Waals surface area contributed by atoms with Crippen molar-refractivity contribution in [2.75, 3.05) is 11.4 Å². The molecular formula is C23H23N3O2. The molecule has 1 atom stereocenters. The standard InChI is InChI=1S/C23H23N3O2/c1-15-7-2-4-10-18(15)23-24-22(25-28-23)17-13-21(27)26(14-17)20-12-6-9-16-8-3-5-11-19(16)20/h2,4,6-7,9-10,12,17H,3,5,8,11,13-14H2,1H3. The van der Waals surface area contributed by atoms with E-state index in [1.165, 1.54) is 24.0 Å². The maximum atomic E-state index is 12.8. The SMILES string of the molecule is Cc1ccccc1-c1nc(C2CC(=O)N(c3cccc4c3CCCC4)C2)no1. The highest BCUT2D eigenvalue weighted by Crippen LogP contribution is 2.36. The van der Waals surface area contributed by atoms with Crippen LogP contribution in [0.2, 0.25) is 0 Å². The van der Waals surface area contributed by atoms with E-state index in [1.54, 1.807) is 0 Å². The van der Waals surface area contributed by atoms with Crippen LogP contribution < -0.4 is 4.90 Å². The molecule has 5 rings (SSSR count). The number of rotatable bonds is 3. The predicted octanol–water partition coefficient (Wildman–Crippen LogP) is 4.44. The molecule has 1 amide bonds. The van der Waals surface area contributed by atoms with Gasteiger partial charge in [-0.25, -0.2) is 0 Å². The van der Waals surface area contributed by atoms with Crippen LogP contribution in [0.5, 0.6) is 0 Å². The number of carbonyl (C=O) groups is 1. The van der Waals surface area contributed by atoms with Crippen LogP contribution in [-0.2, 0) is 17.6 Å². The Balaban J connectivity index is 1.42. The molecule has 1 aliphatic heterocycles. The van der Waals surface area contributed by atoms with E-state index in [0.717, 1.165) is 29.7 Å². The third kappa shape index (κ3) is 2.91. The highest BCUT2D eigenvalue weighted by atomic mass is 16.5. The van der Waals surface area contributed by atoms with Gasteiger partial charge in [-0.1, -0.05) is 35.5 Å². The fourth-order valence-corrected chi connectivity index (χ4v) is 4.45. The fourth-order valence-electron chi connectivity index (χ4n) is 4.45. The van der Waals surface area contributed by atoms with Crippen molar-refractivity contribution in [3.63, 3.8) is 0 Å². The summed E-state index contributed by atoms with van der Waals surface area (Å²) in [6.07, 6.45) is 5.02. The van der Waals surface area contributed by atoms with Crippen molar-refractivity contribution in [3.8, 4) is 11.5 Å². The van der Waals surface area contributed by atoms with Gasteiger partial charge in [0.25, 0.3) is 5.89 Å². The van der Waals surface area contributed by atoms with Gasteiger partial charge in [-0.15, -0.1) is 0 Å². The van der Waals surface area contributed by atoms with Gasteiger partial charge in [-0.3, -0.25) is 4.79 Å². The number of hydrogen-bond donors (Lipinski definition) is 0. The number of amides is 1. The van der Waals surface area contributed by atoms with Crippen LogP contribution in [-0.4, -0.2) is 22.6 Å². The van der Waals surface area contributed by atoms with Crippen LogP contribution in [0, 0.1) is 6.92 Å². The monoisotopic (exact) mass is 373 g/mol. The predicted molar refractivity (Wildman–Crippen MR) is 107 cm³/mol. The second-order valence-corrected chi connectivity index (χ2v) is 7.80. The lowest BCUT2D eigenvalue weighted by Crippen LogP contribution is -2.26. The maximum absolute atomic E-state index is 12.8. The first-order valence-corrected chi connectivity index (χ1v) is 10.0. The lowest BCUT2D eigenvalue weighted by Gasteiger charge is -2.25. The molecule has 142 valence electrons. The molecule has 0 spiro atoms. The molecule has 1 aliphatic carbocycles. The first-order chi connectivity index (χ1) is 13.7. The highest BCUT2D eigenvalue weighted by molar-refractivity contribution is 5.97. The Bertz CT molecular complexity index is 1040. The normalized spacial score (nSPS) is 19.1. The maximum Gasteiger partial charge on any atom is 0.258 e. The molecule has 2 aliphatic rings. The molecule has 0 saturated carbocycles. The van der Waals surface area contributed by atoms with Gasteiger partial charge in [0.15, 0.2) is 5.82 Å². The minimum atomic E-state index is -0.0338. The molecule has 1 unspecified atom stereocenters. The van der Waals surface area contributed by atoms with Gasteiger partial charge in [0.1, 0.15) is 0 Å². The summed E-state index contributed by atoms with van der Waals surface area (Å²) in [6, 6.07) is 14.3. The van der Waals surface area contributed by atoms with Crippen LogP contribution in [0.25, 0.3) is 11.5 Å². The van der Waals surface area contributed by atoms with Gasteiger partial charge in [0, 0.05) is 30.1 Å². The minimum Gasteiger partial charge on any atom is -0.334 e. The molecule has 1 fully saturated rings. The summed E-state index contributed by atoms with van der Waals surface area (Å²) in [4.78, 5) is 19.4. The average molecular weight is 373 g/mol. The Morgan fingerprint density at radius 3 is 2.82 bits per heavy atom. The van der Waals surface area contributed by atoms with E-state index in [-0.39, 0.29) is 11.8 Å². The summed E-state index contributed by atoms with van der Waals surface area (Å²) in [5.41, 5.74) is 5.85. The van der Waals surface area contributed by atoms with Crippen LogP contribution in [0.3, 0.4) is 0 Å². The molecule has 5 heteroatoms. The average Bonchev–Trinajstić information content (AvgIpc) is 3.35. The number of hydrogen-bond acceptors (Lipinski definition) is 4. The van der Waals surface area contributed by atoms with Crippen molar-refractivity contribution in [2.45, 2.75) is 44.9 Å². The van der Waals surface area contributed by atoms with Crippen molar-refractivity contribution >= 4 is 11.6 Å². The van der Waals surface area contributed by atoms with Crippen molar-refractivity contribution in [1.82, 2.24) is 10.1 Å². The van der Waals surface area contributed by atoms with Crippen molar-refractivity contribution < 1.29 is 9.32 Å². The van der Waals surface area contributed by atoms with E-state index in [9.17, 15) is 4.79 Å². The van der Waals surface area contributed by atoms with Gasteiger partial charge < -0.3 is 9.42 Å². The van der Waals surface area contributed by atoms with E-state index in [1.807, 2.05) is 36.1 Å². The van der Waals surface area contributed by atoms with E-state index in [0.29, 0.717) is 24.7 Å². The Morgan fingerprint density at radius 2 is 1.93 bits per heavy atom. The van der Waals surface area contributed by atoms with E-state index in [2.05, 4.69) is 28.3 Å². The summed E-state index contributed by atoms with van der Waals surface area (Å²) < 4.78 is 5.52. The lowest BCUT2D eigenvalue weighted by molar-refractivity contribution is -0.117. The molecule has 28 heavy (non-hydrogen) atoms. The van der Waals surface area contributed by atoms with Crippen molar-refractivity contribution in [2.24, 2.45) is 0 Å². The number of aryl methyl sites for hydroxylation is 2. The third-order valence-corrected chi connectivity index (χ3v) is 5.97. The second-order valence-electron chi connectivity index (χ2n) is 7.80. The number of benzene rings is 2. The fraction of sp³-hybridized carbons (Fsp3) is 0.348. The molecule has 1 aromatic heterocycles. The molecule has 0 radical (unpaired) electrons. The Morgan fingerprint density at radius 1 is 1.07 bits per heavy atom. The van der Waals surface area contributed by atoms with Gasteiger partial charge >= 0.3 is 0 Å². The van der Waals surface area contributed by atoms with Gasteiger partial charge in [-0.05, 0) is 61.4 Å². The molecule has 2 aromatic carbocycles. The van der Waals surface area contributed by atoms with Gasteiger partial charge in [0.05, 0.1) is 0 Å². The zero-order chi connectivity index (χ0) is 19.1. The summed E-state index contributed by atoms with van der Waals surface area (Å²) in [6.45, 7) is 2.64. The molecule has 0 bridgehead atoms. The van der Waals surface area contributed by atoms with Crippen LogP contribution in [0.1, 0.15) is 47.7 Å². The summed E-state index contributed by atoms with van der Waals surface area (Å²) in [5.74, 6) is 1.26. The van der Waals surface area contributed by atoms with Gasteiger partial charge in [0.2, 0.25) is 5.91 Å². The highest BCUT2D eigenvalue weighted by Gasteiger charge is 2.36. The number of fused-ring (bicyclic) bond motifs is 1. The summed E-state index contributed by atoms with van der Waals surface area (Å²) in [5, 5.41) is 4.20. The molecule has 0 N–H and O–H groups in total. The topological polar surface area (TPSA) is 59.2 Å². The second kappa shape index (κ2) is 6.89. The molecule has 5 nitrogen and oxygen atoms in total. The summed E-state index contributed by atoms with van der Waals surface area (Å²) in [7, 11) is 0. The Kier molecular flexibility index (Phi) is 4.23. The first kappa shape index (κ1) is 17.2. The Hall–Kier alpha value is -2.95. The molecular weight excluding hydrogens is 350 g/mol. The number of anilines is 1. The number of carbonyl (C=O) groups excluding carboxylic acids is 1. The van der Waals surface area contributed by atoms with Crippen LogP contribution in [0.15, 0.2) is 47.0 Å². The number of nitrogens with zero attached hydrogens (tertiary/aromatic N) is 3. The summed E-state index contributed by atoms with van der Waals surface area (Å²) >= 11 is 0. The van der Waals surface area contributed by atoms with Crippen LogP contribution >= 0.6 is 0 Å².